The summed E-state index contributed by atoms with van der Waals surface area (Å²) in [7, 11) is 0. The van der Waals surface area contributed by atoms with Gasteiger partial charge in [0, 0.05) is 24.1 Å². The molecule has 4 nitrogen and oxygen atoms in total. The lowest BCUT2D eigenvalue weighted by molar-refractivity contribution is -0.136. The minimum Gasteiger partial charge on any atom is -0.489 e. The predicted octanol–water partition coefficient (Wildman–Crippen LogP) is 8.50. The Bertz CT molecular complexity index is 1710. The average Bonchev–Trinajstić information content (AvgIpc) is 2.97. The fraction of sp³-hybridized carbons (Fsp3) is 0.200. The number of ether oxygens (including phenoxy) is 2. The van der Waals surface area contributed by atoms with Gasteiger partial charge in [-0.1, -0.05) is 73.7 Å². The molecule has 7 heteroatoms. The Morgan fingerprint density at radius 2 is 1.55 bits per heavy atom. The molecule has 0 spiro atoms. The van der Waals surface area contributed by atoms with Crippen molar-refractivity contribution in [2.24, 2.45) is 0 Å². The largest absolute Gasteiger partial charge is 0.489 e. The number of hydrogen-bond donors (Lipinski definition) is 0. The number of carbonyl (C=O) groups excluding carboxylic acids is 1. The lowest BCUT2D eigenvalue weighted by Gasteiger charge is -2.17. The number of carbonyl (C=O) groups is 1. The Kier molecular flexibility index (Phi) is 8.57. The number of esters is 1. The topological polar surface area (TPSA) is 48.4 Å². The maximum absolute atomic E-state index is 13.9. The molecule has 4 aromatic carbocycles. The zero-order valence-electron chi connectivity index (χ0n) is 23.4. The van der Waals surface area contributed by atoms with Crippen LogP contribution in [0.5, 0.6) is 11.5 Å². The Morgan fingerprint density at radius 1 is 0.810 bits per heavy atom. The number of benzene rings is 4. The number of rotatable bonds is 9. The number of pyridine rings is 1. The highest BCUT2D eigenvalue weighted by Gasteiger charge is 2.33. The molecule has 0 saturated carbocycles. The lowest BCUT2D eigenvalue weighted by atomic mass is 9.92. The van der Waals surface area contributed by atoms with Crippen LogP contribution in [0.2, 0.25) is 0 Å². The van der Waals surface area contributed by atoms with Crippen LogP contribution in [0.3, 0.4) is 0 Å². The Hall–Kier alpha value is -4.65. The highest BCUT2D eigenvalue weighted by molar-refractivity contribution is 5.86. The first-order valence-corrected chi connectivity index (χ1v) is 13.7. The van der Waals surface area contributed by atoms with Gasteiger partial charge in [0.1, 0.15) is 18.1 Å². The molecule has 0 aliphatic heterocycles. The van der Waals surface area contributed by atoms with Crippen molar-refractivity contribution < 1.29 is 27.4 Å². The molecule has 0 saturated heterocycles. The monoisotopic (exact) mass is 569 g/mol. The summed E-state index contributed by atoms with van der Waals surface area (Å²) in [6, 6.07) is 27.1. The van der Waals surface area contributed by atoms with Crippen LogP contribution >= 0.6 is 0 Å². The van der Waals surface area contributed by atoms with Crippen LogP contribution < -0.4 is 9.47 Å². The van der Waals surface area contributed by atoms with E-state index in [1.807, 2.05) is 73.7 Å². The van der Waals surface area contributed by atoms with Gasteiger partial charge in [0.15, 0.2) is 0 Å². The van der Waals surface area contributed by atoms with E-state index >= 15 is 0 Å². The normalized spacial score (nSPS) is 11.5. The molecule has 0 aliphatic rings. The van der Waals surface area contributed by atoms with Crippen molar-refractivity contribution in [3.63, 3.8) is 0 Å². The van der Waals surface area contributed by atoms with Gasteiger partial charge in [-0.3, -0.25) is 9.78 Å². The minimum atomic E-state index is -4.51. The summed E-state index contributed by atoms with van der Waals surface area (Å²) in [6.45, 7) is 3.63. The second-order valence-electron chi connectivity index (χ2n) is 10.1. The van der Waals surface area contributed by atoms with Crippen LogP contribution in [0, 0.1) is 0 Å². The number of hydrogen-bond acceptors (Lipinski definition) is 4. The van der Waals surface area contributed by atoms with Crippen LogP contribution in [-0.4, -0.2) is 11.0 Å². The molecule has 42 heavy (non-hydrogen) atoms. The van der Waals surface area contributed by atoms with Crippen LogP contribution in [0.4, 0.5) is 13.2 Å². The molecule has 0 aliphatic carbocycles. The fourth-order valence-corrected chi connectivity index (χ4v) is 5.23. The van der Waals surface area contributed by atoms with Crippen LogP contribution in [0.25, 0.3) is 10.9 Å². The summed E-state index contributed by atoms with van der Waals surface area (Å²) in [5, 5.41) is 0.486. The Morgan fingerprint density at radius 3 is 2.29 bits per heavy atom. The molecule has 0 N–H and O–H groups in total. The smallest absolute Gasteiger partial charge is 0.418 e. The number of para-hydroxylation sites is 1. The molecule has 1 aromatic heterocycles. The highest BCUT2D eigenvalue weighted by Crippen LogP contribution is 2.36. The Labute approximate surface area is 242 Å². The molecule has 0 radical (unpaired) electrons. The van der Waals surface area contributed by atoms with Crippen molar-refractivity contribution in [2.45, 2.75) is 45.9 Å². The van der Waals surface area contributed by atoms with Gasteiger partial charge in [0.2, 0.25) is 0 Å². The van der Waals surface area contributed by atoms with Crippen molar-refractivity contribution in [3.05, 3.63) is 136 Å². The maximum Gasteiger partial charge on any atom is 0.418 e. The average molecular weight is 570 g/mol. The van der Waals surface area contributed by atoms with Crippen molar-refractivity contribution in [1.82, 2.24) is 4.98 Å². The lowest BCUT2D eigenvalue weighted by Crippen LogP contribution is -2.08. The molecule has 1 heterocycles. The van der Waals surface area contributed by atoms with Gasteiger partial charge in [-0.25, -0.2) is 0 Å². The summed E-state index contributed by atoms with van der Waals surface area (Å²) in [5.41, 5.74) is 4.63. The molecule has 0 fully saturated rings. The summed E-state index contributed by atoms with van der Waals surface area (Å²) >= 11 is 0. The second kappa shape index (κ2) is 12.5. The standard InChI is InChI=1S/C35H30F3NO3/c1-3-29-26(13-8-17-33(29)42-23(2)40)22-41-28-14-7-12-25(19-28)20-31-27(18-24-10-5-4-6-11-24)21-39-34-30(31)15-9-16-32(34)35(36,37)38/h4-17,19,21H,3,18,20,22H2,1-2H3. The number of fused-ring (bicyclic) bond motifs is 1. The minimum absolute atomic E-state index is 0.0519. The highest BCUT2D eigenvalue weighted by atomic mass is 19.4. The van der Waals surface area contributed by atoms with E-state index in [0.29, 0.717) is 36.1 Å². The molecule has 5 rings (SSSR count). The summed E-state index contributed by atoms with van der Waals surface area (Å²) in [4.78, 5) is 15.8. The molecule has 0 amide bonds. The number of alkyl halides is 3. The van der Waals surface area contributed by atoms with Crippen LogP contribution in [-0.2, 0) is 36.8 Å². The quantitative estimate of drug-likeness (QED) is 0.132. The van der Waals surface area contributed by atoms with E-state index in [0.717, 1.165) is 39.4 Å². The fourth-order valence-electron chi connectivity index (χ4n) is 5.23. The third-order valence-electron chi connectivity index (χ3n) is 7.15. The van der Waals surface area contributed by atoms with E-state index in [1.165, 1.54) is 13.0 Å². The molecular formula is C35H30F3NO3. The van der Waals surface area contributed by atoms with Crippen LogP contribution in [0.15, 0.2) is 97.2 Å². The van der Waals surface area contributed by atoms with Crippen molar-refractivity contribution in [2.75, 3.05) is 0 Å². The van der Waals surface area contributed by atoms with E-state index < -0.39 is 11.7 Å². The van der Waals surface area contributed by atoms with Crippen molar-refractivity contribution in [1.29, 1.82) is 0 Å². The third kappa shape index (κ3) is 6.62. The maximum atomic E-state index is 13.9. The summed E-state index contributed by atoms with van der Waals surface area (Å²) < 4.78 is 53.1. The second-order valence-corrected chi connectivity index (χ2v) is 10.1. The van der Waals surface area contributed by atoms with Gasteiger partial charge in [0.25, 0.3) is 0 Å². The summed E-state index contributed by atoms with van der Waals surface area (Å²) in [5.74, 6) is 0.771. The first kappa shape index (κ1) is 28.9. The van der Waals surface area contributed by atoms with Gasteiger partial charge >= 0.3 is 12.1 Å². The van der Waals surface area contributed by atoms with Gasteiger partial charge in [-0.15, -0.1) is 0 Å². The number of nitrogens with zero attached hydrogens (tertiary/aromatic N) is 1. The predicted molar refractivity (Wildman–Crippen MR) is 157 cm³/mol. The number of aromatic nitrogens is 1. The van der Waals surface area contributed by atoms with Gasteiger partial charge in [0.05, 0.1) is 11.1 Å². The van der Waals surface area contributed by atoms with Gasteiger partial charge in [-0.05, 0) is 71.3 Å². The van der Waals surface area contributed by atoms with Crippen molar-refractivity contribution in [3.8, 4) is 11.5 Å². The first-order chi connectivity index (χ1) is 20.2. The molecular weight excluding hydrogens is 539 g/mol. The molecule has 0 atom stereocenters. The molecule has 0 unspecified atom stereocenters. The summed E-state index contributed by atoms with van der Waals surface area (Å²) in [6.07, 6.45) is -1.32. The SMILES string of the molecule is CCc1c(COc2cccc(Cc3c(Cc4ccccc4)cnc4c(C(F)(F)F)cccc34)c2)cccc1OC(C)=O. The zero-order valence-corrected chi connectivity index (χ0v) is 23.4. The Balaban J connectivity index is 1.47. The van der Waals surface area contributed by atoms with E-state index in [2.05, 4.69) is 4.98 Å². The van der Waals surface area contributed by atoms with Gasteiger partial charge < -0.3 is 9.47 Å². The van der Waals surface area contributed by atoms with Gasteiger partial charge in [-0.2, -0.15) is 13.2 Å². The molecule has 0 bridgehead atoms. The van der Waals surface area contributed by atoms with E-state index in [-0.39, 0.29) is 18.1 Å². The zero-order chi connectivity index (χ0) is 29.7. The molecule has 214 valence electrons. The van der Waals surface area contributed by atoms with E-state index in [1.54, 1.807) is 18.3 Å². The first-order valence-electron chi connectivity index (χ1n) is 13.7. The molecule has 5 aromatic rings. The van der Waals surface area contributed by atoms with Crippen LogP contribution in [0.1, 0.15) is 52.8 Å². The van der Waals surface area contributed by atoms with E-state index in [4.69, 9.17) is 9.47 Å². The third-order valence-corrected chi connectivity index (χ3v) is 7.15. The number of halogens is 3. The van der Waals surface area contributed by atoms with Crippen molar-refractivity contribution >= 4 is 16.9 Å². The van der Waals surface area contributed by atoms with E-state index in [9.17, 15) is 18.0 Å².